The molecule has 0 fully saturated rings. The van der Waals surface area contributed by atoms with Gasteiger partial charge in [0, 0.05) is 37.3 Å². The zero-order valence-electron chi connectivity index (χ0n) is 16.5. The molecule has 0 aromatic heterocycles. The minimum atomic E-state index is -0.298. The quantitative estimate of drug-likeness (QED) is 0.401. The second kappa shape index (κ2) is 14.8. The summed E-state index contributed by atoms with van der Waals surface area (Å²) in [4.78, 5) is 12.0. The first-order valence-corrected chi connectivity index (χ1v) is 8.49. The molecule has 0 saturated carbocycles. The average Bonchev–Trinajstić information content (AvgIpc) is 2.54. The molecule has 4 N–H and O–H groups in total. The Hall–Kier alpha value is -1.25. The SMILES string of the molecule is COc1cccc(CNCCNCCO)c1OCC(=O)NC(C)(C)C.Cl.Cl. The highest BCUT2D eigenvalue weighted by Gasteiger charge is 2.16. The third-order valence-corrected chi connectivity index (χ3v) is 3.22. The first kappa shape index (κ1) is 28.0. The largest absolute Gasteiger partial charge is 0.493 e. The maximum absolute atomic E-state index is 12.0. The van der Waals surface area contributed by atoms with Crippen molar-refractivity contribution in [2.75, 3.05) is 40.0 Å². The number of carbonyl (C=O) groups is 1. The Morgan fingerprint density at radius 2 is 1.78 bits per heavy atom. The lowest BCUT2D eigenvalue weighted by atomic mass is 10.1. The number of ether oxygens (including phenoxy) is 2. The van der Waals surface area contributed by atoms with E-state index < -0.39 is 0 Å². The van der Waals surface area contributed by atoms with Gasteiger partial charge < -0.3 is 30.5 Å². The predicted octanol–water partition coefficient (Wildman–Crippen LogP) is 1.50. The molecule has 0 bridgehead atoms. The van der Waals surface area contributed by atoms with Gasteiger partial charge in [0.25, 0.3) is 5.91 Å². The van der Waals surface area contributed by atoms with Gasteiger partial charge in [0.1, 0.15) is 0 Å². The van der Waals surface area contributed by atoms with E-state index in [1.165, 1.54) is 0 Å². The number of aliphatic hydroxyl groups is 1. The second-order valence-corrected chi connectivity index (χ2v) is 6.69. The van der Waals surface area contributed by atoms with E-state index in [4.69, 9.17) is 14.6 Å². The van der Waals surface area contributed by atoms with Crippen LogP contribution in [0.3, 0.4) is 0 Å². The summed E-state index contributed by atoms with van der Waals surface area (Å²) in [6.45, 7) is 8.52. The molecule has 0 aliphatic rings. The molecule has 0 radical (unpaired) electrons. The van der Waals surface area contributed by atoms with Crippen LogP contribution in [0.25, 0.3) is 0 Å². The van der Waals surface area contributed by atoms with Crippen LogP contribution in [0.4, 0.5) is 0 Å². The highest BCUT2D eigenvalue weighted by molar-refractivity contribution is 5.85. The van der Waals surface area contributed by atoms with Crippen molar-refractivity contribution >= 4 is 30.7 Å². The van der Waals surface area contributed by atoms with Gasteiger partial charge >= 0.3 is 0 Å². The van der Waals surface area contributed by atoms with E-state index in [9.17, 15) is 4.79 Å². The van der Waals surface area contributed by atoms with Crippen LogP contribution in [0.5, 0.6) is 11.5 Å². The van der Waals surface area contributed by atoms with Crippen LogP contribution in [0.1, 0.15) is 26.3 Å². The van der Waals surface area contributed by atoms with Crippen LogP contribution in [0.2, 0.25) is 0 Å². The van der Waals surface area contributed by atoms with Crippen LogP contribution in [-0.2, 0) is 11.3 Å². The molecule has 0 saturated heterocycles. The second-order valence-electron chi connectivity index (χ2n) is 6.69. The fourth-order valence-electron chi connectivity index (χ4n) is 2.22. The number of methoxy groups -OCH3 is 1. The molecule has 0 spiro atoms. The maximum Gasteiger partial charge on any atom is 0.258 e. The smallest absolute Gasteiger partial charge is 0.258 e. The lowest BCUT2D eigenvalue weighted by molar-refractivity contribution is -0.124. The van der Waals surface area contributed by atoms with E-state index in [0.29, 0.717) is 24.6 Å². The van der Waals surface area contributed by atoms with Gasteiger partial charge in [-0.3, -0.25) is 4.79 Å². The summed E-state index contributed by atoms with van der Waals surface area (Å²) in [5.74, 6) is 0.997. The number of rotatable bonds is 11. The minimum Gasteiger partial charge on any atom is -0.493 e. The van der Waals surface area contributed by atoms with E-state index in [-0.39, 0.29) is 49.5 Å². The van der Waals surface area contributed by atoms with Gasteiger partial charge in [-0.15, -0.1) is 24.8 Å². The Bertz CT molecular complexity index is 540. The molecular formula is C18H33Cl2N3O4. The summed E-state index contributed by atoms with van der Waals surface area (Å²) in [5.41, 5.74) is 0.623. The number of benzene rings is 1. The molecule has 27 heavy (non-hydrogen) atoms. The number of amides is 1. The van der Waals surface area contributed by atoms with Gasteiger partial charge in [0.15, 0.2) is 18.1 Å². The standard InChI is InChI=1S/C18H31N3O4.2ClH/c1-18(2,3)21-16(23)13-25-17-14(6-5-7-15(17)24-4)12-20-9-8-19-10-11-22;;/h5-7,19-20,22H,8-13H2,1-4H3,(H,21,23);2*1H. The van der Waals surface area contributed by atoms with Crippen LogP contribution >= 0.6 is 24.8 Å². The summed E-state index contributed by atoms with van der Waals surface area (Å²) < 4.78 is 11.1. The van der Waals surface area contributed by atoms with Crippen molar-refractivity contribution in [2.45, 2.75) is 32.9 Å². The topological polar surface area (TPSA) is 91.8 Å². The zero-order chi connectivity index (χ0) is 18.7. The van der Waals surface area contributed by atoms with Crippen molar-refractivity contribution in [3.05, 3.63) is 23.8 Å². The van der Waals surface area contributed by atoms with Crippen molar-refractivity contribution in [3.8, 4) is 11.5 Å². The Morgan fingerprint density at radius 1 is 1.11 bits per heavy atom. The fourth-order valence-corrected chi connectivity index (χ4v) is 2.22. The number of hydrogen-bond donors (Lipinski definition) is 4. The number of aliphatic hydroxyl groups excluding tert-OH is 1. The van der Waals surface area contributed by atoms with Crippen LogP contribution < -0.4 is 25.4 Å². The van der Waals surface area contributed by atoms with Gasteiger partial charge in [-0.05, 0) is 26.8 Å². The molecule has 0 unspecified atom stereocenters. The number of hydrogen-bond acceptors (Lipinski definition) is 6. The zero-order valence-corrected chi connectivity index (χ0v) is 18.1. The van der Waals surface area contributed by atoms with Gasteiger partial charge in [-0.2, -0.15) is 0 Å². The Labute approximate surface area is 174 Å². The molecule has 0 heterocycles. The Kier molecular flexibility index (Phi) is 15.3. The molecule has 7 nitrogen and oxygen atoms in total. The molecule has 1 rings (SSSR count). The highest BCUT2D eigenvalue weighted by atomic mass is 35.5. The summed E-state index contributed by atoms with van der Waals surface area (Å²) >= 11 is 0. The van der Waals surface area contributed by atoms with Crippen LogP contribution in [-0.4, -0.2) is 56.5 Å². The molecule has 1 aromatic carbocycles. The van der Waals surface area contributed by atoms with E-state index >= 15 is 0 Å². The van der Waals surface area contributed by atoms with Gasteiger partial charge in [-0.1, -0.05) is 12.1 Å². The Balaban J connectivity index is 0. The van der Waals surface area contributed by atoms with E-state index in [0.717, 1.165) is 18.7 Å². The number of nitrogens with one attached hydrogen (secondary N) is 3. The predicted molar refractivity (Wildman–Crippen MR) is 113 cm³/mol. The molecule has 9 heteroatoms. The summed E-state index contributed by atoms with van der Waals surface area (Å²) in [6.07, 6.45) is 0. The molecule has 158 valence electrons. The number of halogens is 2. The molecule has 0 atom stereocenters. The van der Waals surface area contributed by atoms with Gasteiger partial charge in [0.05, 0.1) is 13.7 Å². The minimum absolute atomic E-state index is 0. The normalized spacial score (nSPS) is 10.4. The van der Waals surface area contributed by atoms with Crippen molar-refractivity contribution in [1.29, 1.82) is 0 Å². The lowest BCUT2D eigenvalue weighted by Crippen LogP contribution is -2.43. The molecule has 1 amide bonds. The molecule has 1 aromatic rings. The van der Waals surface area contributed by atoms with Crippen molar-refractivity contribution < 1.29 is 19.4 Å². The summed E-state index contributed by atoms with van der Waals surface area (Å²) in [7, 11) is 1.58. The van der Waals surface area contributed by atoms with Crippen molar-refractivity contribution in [3.63, 3.8) is 0 Å². The van der Waals surface area contributed by atoms with Crippen molar-refractivity contribution in [2.24, 2.45) is 0 Å². The lowest BCUT2D eigenvalue weighted by Gasteiger charge is -2.21. The molecular weight excluding hydrogens is 393 g/mol. The first-order valence-electron chi connectivity index (χ1n) is 8.49. The Morgan fingerprint density at radius 3 is 2.37 bits per heavy atom. The fraction of sp³-hybridized carbons (Fsp3) is 0.611. The summed E-state index contributed by atoms with van der Waals surface area (Å²) in [5, 5.41) is 18.0. The van der Waals surface area contributed by atoms with Crippen molar-refractivity contribution in [1.82, 2.24) is 16.0 Å². The first-order chi connectivity index (χ1) is 11.9. The van der Waals surface area contributed by atoms with Gasteiger partial charge in [-0.25, -0.2) is 0 Å². The van der Waals surface area contributed by atoms with E-state index in [2.05, 4.69) is 16.0 Å². The highest BCUT2D eigenvalue weighted by Crippen LogP contribution is 2.31. The molecule has 0 aliphatic heterocycles. The van der Waals surface area contributed by atoms with E-state index in [1.807, 2.05) is 39.0 Å². The maximum atomic E-state index is 12.0. The van der Waals surface area contributed by atoms with Crippen LogP contribution in [0.15, 0.2) is 18.2 Å². The number of para-hydroxylation sites is 1. The van der Waals surface area contributed by atoms with Crippen LogP contribution in [0, 0.1) is 0 Å². The summed E-state index contributed by atoms with van der Waals surface area (Å²) in [6, 6.07) is 5.64. The average molecular weight is 426 g/mol. The molecule has 0 aliphatic carbocycles. The van der Waals surface area contributed by atoms with E-state index in [1.54, 1.807) is 7.11 Å². The number of carbonyl (C=O) groups excluding carboxylic acids is 1. The monoisotopic (exact) mass is 425 g/mol. The third-order valence-electron chi connectivity index (χ3n) is 3.22. The van der Waals surface area contributed by atoms with Gasteiger partial charge in [0.2, 0.25) is 0 Å². The third kappa shape index (κ3) is 11.9.